The highest BCUT2D eigenvalue weighted by Gasteiger charge is 2.24. The van der Waals surface area contributed by atoms with Crippen molar-refractivity contribution in [1.82, 2.24) is 4.72 Å². The van der Waals surface area contributed by atoms with E-state index in [0.29, 0.717) is 19.4 Å². The first-order valence-electron chi connectivity index (χ1n) is 6.84. The van der Waals surface area contributed by atoms with E-state index in [1.165, 1.54) is 12.1 Å². The standard InChI is InChI=1S/C13H20N2O4S.CHClO/c1-10-5-7-11(8-6-10)20(18,19)15-12(13(16)17)4-2-3-9-14;2-1-3/h5-8,12,15H,2-4,9,14H2,1H3,(H,16,17);1H. The molecule has 0 aliphatic carbocycles. The predicted molar refractivity (Wildman–Crippen MR) is 88.4 cm³/mol. The summed E-state index contributed by atoms with van der Waals surface area (Å²) in [6.07, 6.45) is 1.44. The Morgan fingerprint density at radius 1 is 1.35 bits per heavy atom. The number of rotatable bonds is 8. The summed E-state index contributed by atoms with van der Waals surface area (Å²) in [7, 11) is -3.82. The summed E-state index contributed by atoms with van der Waals surface area (Å²) >= 11 is 4.32. The zero-order valence-electron chi connectivity index (χ0n) is 12.7. The van der Waals surface area contributed by atoms with Crippen molar-refractivity contribution >= 4 is 33.3 Å². The number of hydrogen-bond donors (Lipinski definition) is 3. The van der Waals surface area contributed by atoms with Gasteiger partial charge < -0.3 is 10.8 Å². The van der Waals surface area contributed by atoms with Gasteiger partial charge in [-0.25, -0.2) is 8.42 Å². The zero-order valence-corrected chi connectivity index (χ0v) is 14.3. The van der Waals surface area contributed by atoms with Gasteiger partial charge in [-0.2, -0.15) is 4.72 Å². The van der Waals surface area contributed by atoms with Crippen LogP contribution in [0.4, 0.5) is 0 Å². The second-order valence-electron chi connectivity index (χ2n) is 4.70. The number of aryl methyl sites for hydroxylation is 1. The van der Waals surface area contributed by atoms with E-state index in [-0.39, 0.29) is 17.1 Å². The van der Waals surface area contributed by atoms with E-state index >= 15 is 0 Å². The van der Waals surface area contributed by atoms with Crippen molar-refractivity contribution < 1.29 is 23.1 Å². The number of benzene rings is 1. The molecule has 0 saturated carbocycles. The van der Waals surface area contributed by atoms with Gasteiger partial charge in [0, 0.05) is 0 Å². The van der Waals surface area contributed by atoms with Crippen molar-refractivity contribution in [2.75, 3.05) is 6.54 Å². The van der Waals surface area contributed by atoms with Crippen LogP contribution in [-0.4, -0.2) is 37.8 Å². The summed E-state index contributed by atoms with van der Waals surface area (Å²) in [4.78, 5) is 19.7. The fourth-order valence-electron chi connectivity index (χ4n) is 1.70. The highest BCUT2D eigenvalue weighted by Crippen LogP contribution is 2.12. The Kier molecular flexibility index (Phi) is 10.4. The molecule has 9 heteroatoms. The monoisotopic (exact) mass is 364 g/mol. The molecule has 0 saturated heterocycles. The summed E-state index contributed by atoms with van der Waals surface area (Å²) in [5, 5.41) is 9.07. The molecular formula is C14H21ClN2O5S. The second kappa shape index (κ2) is 11.1. The molecule has 7 nitrogen and oxygen atoms in total. The number of halogens is 1. The Labute approximate surface area is 140 Å². The fraction of sp³-hybridized carbons (Fsp3) is 0.429. The van der Waals surface area contributed by atoms with E-state index in [1.54, 1.807) is 12.1 Å². The molecule has 1 atom stereocenters. The number of unbranched alkanes of at least 4 members (excludes halogenated alkanes) is 1. The average Bonchev–Trinajstić information content (AvgIpc) is 2.47. The van der Waals surface area contributed by atoms with Gasteiger partial charge in [0.2, 0.25) is 15.8 Å². The first kappa shape index (κ1) is 21.5. The highest BCUT2D eigenvalue weighted by atomic mass is 35.5. The molecule has 0 spiro atoms. The van der Waals surface area contributed by atoms with Crippen molar-refractivity contribution in [1.29, 1.82) is 0 Å². The Balaban J connectivity index is 0.00000149. The van der Waals surface area contributed by atoms with Crippen molar-refractivity contribution in [3.8, 4) is 0 Å². The lowest BCUT2D eigenvalue weighted by Gasteiger charge is -2.14. The second-order valence-corrected chi connectivity index (χ2v) is 6.59. The van der Waals surface area contributed by atoms with Crippen LogP contribution in [0.2, 0.25) is 0 Å². The van der Waals surface area contributed by atoms with Crippen molar-refractivity contribution in [3.05, 3.63) is 29.8 Å². The number of carbonyl (C=O) groups excluding carboxylic acids is 1. The molecule has 0 amide bonds. The lowest BCUT2D eigenvalue weighted by atomic mass is 10.1. The predicted octanol–water partition coefficient (Wildman–Crippen LogP) is 1.27. The third-order valence-corrected chi connectivity index (χ3v) is 4.36. The summed E-state index contributed by atoms with van der Waals surface area (Å²) in [5.41, 5.74) is 6.27. The normalized spacial score (nSPS) is 12.0. The Morgan fingerprint density at radius 2 is 1.87 bits per heavy atom. The number of carbonyl (C=O) groups is 2. The summed E-state index contributed by atoms with van der Waals surface area (Å²) in [6, 6.07) is 5.11. The van der Waals surface area contributed by atoms with Crippen LogP contribution in [0, 0.1) is 6.92 Å². The maximum Gasteiger partial charge on any atom is 0.321 e. The number of aliphatic carboxylic acids is 1. The number of nitrogens with one attached hydrogen (secondary N) is 1. The number of sulfonamides is 1. The minimum atomic E-state index is -3.82. The van der Waals surface area contributed by atoms with Crippen LogP contribution < -0.4 is 10.5 Å². The topological polar surface area (TPSA) is 127 Å². The van der Waals surface area contributed by atoms with Gasteiger partial charge in [-0.05, 0) is 50.0 Å². The lowest BCUT2D eigenvalue weighted by molar-refractivity contribution is -0.139. The van der Waals surface area contributed by atoms with Crippen LogP contribution in [0.5, 0.6) is 0 Å². The zero-order chi connectivity index (χ0) is 17.9. The molecule has 0 heterocycles. The van der Waals surface area contributed by atoms with Gasteiger partial charge in [-0.15, -0.1) is 0 Å². The third kappa shape index (κ3) is 8.65. The molecule has 130 valence electrons. The summed E-state index contributed by atoms with van der Waals surface area (Å²) in [5.74, 6) is -0.960. The fourth-order valence-corrected chi connectivity index (χ4v) is 2.92. The molecule has 0 radical (unpaired) electrons. The highest BCUT2D eigenvalue weighted by molar-refractivity contribution is 7.89. The molecule has 0 aliphatic heterocycles. The first-order chi connectivity index (χ1) is 10.8. The Morgan fingerprint density at radius 3 is 2.30 bits per heavy atom. The molecule has 0 aromatic heterocycles. The molecular weight excluding hydrogens is 344 g/mol. The molecule has 23 heavy (non-hydrogen) atoms. The van der Waals surface area contributed by atoms with E-state index in [0.717, 1.165) is 5.56 Å². The SMILES string of the molecule is Cc1ccc(S(=O)(=O)NC(CCCCN)C(=O)O)cc1.O=CCl. The number of nitrogens with two attached hydrogens (primary N) is 1. The number of carboxylic acid groups (broad SMARTS) is 1. The molecule has 1 unspecified atom stereocenters. The summed E-state index contributed by atoms with van der Waals surface area (Å²) in [6.45, 7) is 2.30. The van der Waals surface area contributed by atoms with Gasteiger partial charge >= 0.3 is 5.97 Å². The molecule has 1 aromatic rings. The van der Waals surface area contributed by atoms with Crippen LogP contribution in [0.25, 0.3) is 0 Å². The molecule has 4 N–H and O–H groups in total. The Bertz CT molecular complexity index is 590. The van der Waals surface area contributed by atoms with Crippen LogP contribution in [0.15, 0.2) is 29.2 Å². The van der Waals surface area contributed by atoms with Gasteiger partial charge in [0.15, 0.2) is 0 Å². The molecule has 0 aliphatic rings. The molecule has 1 aromatic carbocycles. The maximum atomic E-state index is 12.1. The number of carboxylic acids is 1. The van der Waals surface area contributed by atoms with Gasteiger partial charge in [0.25, 0.3) is 0 Å². The lowest BCUT2D eigenvalue weighted by Crippen LogP contribution is -2.40. The first-order valence-corrected chi connectivity index (χ1v) is 8.76. The van der Waals surface area contributed by atoms with E-state index in [9.17, 15) is 13.2 Å². The van der Waals surface area contributed by atoms with Gasteiger partial charge in [-0.1, -0.05) is 24.1 Å². The van der Waals surface area contributed by atoms with Crippen molar-refractivity contribution in [3.63, 3.8) is 0 Å². The van der Waals surface area contributed by atoms with E-state index in [4.69, 9.17) is 15.6 Å². The molecule has 1 rings (SSSR count). The third-order valence-electron chi connectivity index (χ3n) is 2.87. The smallest absolute Gasteiger partial charge is 0.321 e. The van der Waals surface area contributed by atoms with E-state index < -0.39 is 22.0 Å². The maximum absolute atomic E-state index is 12.1. The molecule has 0 fully saturated rings. The van der Waals surface area contributed by atoms with Gasteiger partial charge in [0.05, 0.1) is 4.90 Å². The minimum absolute atomic E-state index is 0.0631. The largest absolute Gasteiger partial charge is 0.480 e. The number of hydrogen-bond acceptors (Lipinski definition) is 5. The van der Waals surface area contributed by atoms with Crippen LogP contribution in [-0.2, 0) is 19.6 Å². The van der Waals surface area contributed by atoms with Gasteiger partial charge in [0.1, 0.15) is 6.04 Å². The van der Waals surface area contributed by atoms with Crippen molar-refractivity contribution in [2.45, 2.75) is 37.1 Å². The summed E-state index contributed by atoms with van der Waals surface area (Å²) < 4.78 is 26.4. The van der Waals surface area contributed by atoms with Gasteiger partial charge in [-0.3, -0.25) is 9.59 Å². The van der Waals surface area contributed by atoms with Crippen LogP contribution >= 0.6 is 11.6 Å². The molecule has 0 bridgehead atoms. The van der Waals surface area contributed by atoms with Crippen molar-refractivity contribution in [2.24, 2.45) is 5.73 Å². The van der Waals surface area contributed by atoms with Crippen LogP contribution in [0.1, 0.15) is 24.8 Å². The Hall–Kier alpha value is -1.48. The minimum Gasteiger partial charge on any atom is -0.480 e. The van der Waals surface area contributed by atoms with E-state index in [2.05, 4.69) is 16.3 Å². The average molecular weight is 365 g/mol. The quantitative estimate of drug-likeness (QED) is 0.362. The van der Waals surface area contributed by atoms with E-state index in [1.807, 2.05) is 6.92 Å². The van der Waals surface area contributed by atoms with Crippen LogP contribution in [0.3, 0.4) is 0 Å².